The molecule has 0 unspecified atom stereocenters. The monoisotopic (exact) mass is 517 g/mol. The fraction of sp³-hybridized carbons (Fsp3) is 0.185. The molecule has 2 aromatic carbocycles. The van der Waals surface area contributed by atoms with Crippen LogP contribution in [0.3, 0.4) is 0 Å². The summed E-state index contributed by atoms with van der Waals surface area (Å²) >= 11 is 2.83. The molecular formula is C27H23N3O4S2. The van der Waals surface area contributed by atoms with Crippen molar-refractivity contribution in [3.63, 3.8) is 0 Å². The summed E-state index contributed by atoms with van der Waals surface area (Å²) in [6.07, 6.45) is 7.41. The van der Waals surface area contributed by atoms with Crippen LogP contribution in [0.15, 0.2) is 101 Å². The molecule has 7 nitrogen and oxygen atoms in total. The summed E-state index contributed by atoms with van der Waals surface area (Å²) in [5.74, 6) is -1.52. The van der Waals surface area contributed by atoms with Crippen LogP contribution >= 0.6 is 23.5 Å². The number of hydrogen-bond donors (Lipinski definition) is 1. The van der Waals surface area contributed by atoms with Gasteiger partial charge in [0.25, 0.3) is 5.91 Å². The van der Waals surface area contributed by atoms with Gasteiger partial charge in [0, 0.05) is 22.8 Å². The summed E-state index contributed by atoms with van der Waals surface area (Å²) < 4.78 is 1.95. The lowest BCUT2D eigenvalue weighted by Gasteiger charge is -2.50. The van der Waals surface area contributed by atoms with Crippen LogP contribution in [0.5, 0.6) is 0 Å². The number of carboxylic acid groups (broad SMARTS) is 1. The van der Waals surface area contributed by atoms with Gasteiger partial charge in [0.05, 0.1) is 17.4 Å². The van der Waals surface area contributed by atoms with Gasteiger partial charge in [-0.15, -0.1) is 23.5 Å². The fourth-order valence-electron chi connectivity index (χ4n) is 4.25. The molecule has 0 saturated carbocycles. The topological polar surface area (TPSA) is 93.4 Å². The predicted octanol–water partition coefficient (Wildman–Crippen LogP) is 1.88. The summed E-state index contributed by atoms with van der Waals surface area (Å²) in [7, 11) is 0. The maximum Gasteiger partial charge on any atom is 0.253 e. The molecule has 3 heterocycles. The SMILES string of the molecule is O=C(CSc1ccc2ccccc2c1)N[C@@H]1C(=O)N2C(C(=O)[O-])=C(C=CC[n+]3ccccc3)CS[C@H]12. The third-order valence-electron chi connectivity index (χ3n) is 6.01. The van der Waals surface area contributed by atoms with Crippen LogP contribution in [0.4, 0.5) is 0 Å². The second-order valence-electron chi connectivity index (χ2n) is 8.39. The first-order valence-electron chi connectivity index (χ1n) is 11.4. The van der Waals surface area contributed by atoms with Crippen molar-refractivity contribution in [1.29, 1.82) is 0 Å². The maximum atomic E-state index is 12.8. The summed E-state index contributed by atoms with van der Waals surface area (Å²) in [5, 5.41) is 16.5. The molecule has 5 rings (SSSR count). The highest BCUT2D eigenvalue weighted by molar-refractivity contribution is 8.00. The maximum absolute atomic E-state index is 12.8. The van der Waals surface area contributed by atoms with Gasteiger partial charge in [-0.2, -0.15) is 0 Å². The van der Waals surface area contributed by atoms with Gasteiger partial charge in [-0.25, -0.2) is 4.57 Å². The number of thioether (sulfide) groups is 2. The average Bonchev–Trinajstić information content (AvgIpc) is 2.90. The first-order valence-corrected chi connectivity index (χ1v) is 13.5. The minimum atomic E-state index is -1.39. The van der Waals surface area contributed by atoms with Gasteiger partial charge in [0.15, 0.2) is 18.9 Å². The number of amides is 2. The lowest BCUT2D eigenvalue weighted by atomic mass is 10.0. The van der Waals surface area contributed by atoms with Crippen molar-refractivity contribution in [2.24, 2.45) is 0 Å². The van der Waals surface area contributed by atoms with Gasteiger partial charge in [-0.3, -0.25) is 14.5 Å². The van der Waals surface area contributed by atoms with E-state index in [0.717, 1.165) is 15.7 Å². The highest BCUT2D eigenvalue weighted by atomic mass is 32.2. The molecule has 0 bridgehead atoms. The quantitative estimate of drug-likeness (QED) is 0.279. The third kappa shape index (κ3) is 5.03. The zero-order chi connectivity index (χ0) is 25.1. The van der Waals surface area contributed by atoms with Gasteiger partial charge in [-0.1, -0.05) is 42.5 Å². The van der Waals surface area contributed by atoms with E-state index in [1.165, 1.54) is 28.4 Å². The number of pyridine rings is 1. The zero-order valence-electron chi connectivity index (χ0n) is 19.2. The number of aliphatic carboxylic acids is 1. The van der Waals surface area contributed by atoms with Crippen molar-refractivity contribution in [3.05, 3.63) is 96.5 Å². The number of fused-ring (bicyclic) bond motifs is 2. The van der Waals surface area contributed by atoms with E-state index >= 15 is 0 Å². The molecule has 0 spiro atoms. The zero-order valence-corrected chi connectivity index (χ0v) is 20.8. The molecule has 182 valence electrons. The van der Waals surface area contributed by atoms with E-state index in [4.69, 9.17) is 0 Å². The van der Waals surface area contributed by atoms with Gasteiger partial charge >= 0.3 is 0 Å². The third-order valence-corrected chi connectivity index (χ3v) is 8.31. The number of carbonyl (C=O) groups is 3. The van der Waals surface area contributed by atoms with E-state index in [-0.39, 0.29) is 17.4 Å². The molecular weight excluding hydrogens is 494 g/mol. The number of carbonyl (C=O) groups excluding carboxylic acids is 3. The summed E-state index contributed by atoms with van der Waals surface area (Å²) in [5.41, 5.74) is 0.409. The molecule has 3 aromatic rings. The molecule has 2 atom stereocenters. The summed E-state index contributed by atoms with van der Waals surface area (Å²) in [6.45, 7) is 0.570. The molecule has 36 heavy (non-hydrogen) atoms. The number of rotatable bonds is 8. The van der Waals surface area contributed by atoms with Gasteiger partial charge in [-0.05, 0) is 34.6 Å². The Morgan fingerprint density at radius 2 is 1.89 bits per heavy atom. The van der Waals surface area contributed by atoms with E-state index in [2.05, 4.69) is 5.32 Å². The Bertz CT molecular complexity index is 1390. The lowest BCUT2D eigenvalue weighted by Crippen LogP contribution is -2.71. The van der Waals surface area contributed by atoms with Crippen molar-refractivity contribution in [2.75, 3.05) is 11.5 Å². The molecule has 0 radical (unpaired) electrons. The van der Waals surface area contributed by atoms with Crippen molar-refractivity contribution in [1.82, 2.24) is 10.2 Å². The fourth-order valence-corrected chi connectivity index (χ4v) is 6.33. The number of hydrogen-bond acceptors (Lipinski definition) is 6. The second kappa shape index (κ2) is 10.6. The number of carboxylic acids is 1. The van der Waals surface area contributed by atoms with E-state index in [1.54, 1.807) is 6.08 Å². The van der Waals surface area contributed by atoms with Crippen molar-refractivity contribution < 1.29 is 24.1 Å². The number of nitrogens with one attached hydrogen (secondary N) is 1. The Labute approximate surface area is 216 Å². The normalized spacial score (nSPS) is 19.3. The Balaban J connectivity index is 1.21. The van der Waals surface area contributed by atoms with Crippen molar-refractivity contribution in [2.45, 2.75) is 22.9 Å². The van der Waals surface area contributed by atoms with E-state index in [1.807, 2.05) is 83.7 Å². The van der Waals surface area contributed by atoms with Crippen molar-refractivity contribution >= 4 is 52.1 Å². The van der Waals surface area contributed by atoms with E-state index in [0.29, 0.717) is 17.9 Å². The smallest absolute Gasteiger partial charge is 0.253 e. The number of nitrogens with zero attached hydrogens (tertiary/aromatic N) is 2. The number of aromatic nitrogens is 1. The largest absolute Gasteiger partial charge is 0.543 e. The van der Waals surface area contributed by atoms with E-state index < -0.39 is 23.3 Å². The highest BCUT2D eigenvalue weighted by Crippen LogP contribution is 2.40. The van der Waals surface area contributed by atoms with E-state index in [9.17, 15) is 19.5 Å². The predicted molar refractivity (Wildman–Crippen MR) is 138 cm³/mol. The molecule has 1 fully saturated rings. The Morgan fingerprint density at radius 3 is 2.67 bits per heavy atom. The molecule has 1 saturated heterocycles. The molecule has 0 aliphatic carbocycles. The molecule has 2 amide bonds. The first kappa shape index (κ1) is 24.1. The molecule has 9 heteroatoms. The standard InChI is InChI=1S/C27H23N3O4S2/c31-22(17-35-21-11-10-18-7-2-3-8-19(18)15-21)28-23-25(32)30-24(27(33)34)20(16-36-26(23)30)9-6-14-29-12-4-1-5-13-29/h1-13,15,23,26H,14,16-17H2,(H-,28,31,33,34)/t23-,26-/m1/s1. The van der Waals surface area contributed by atoms with Gasteiger partial charge in [0.1, 0.15) is 11.4 Å². The summed E-state index contributed by atoms with van der Waals surface area (Å²) in [4.78, 5) is 39.6. The number of benzene rings is 2. The van der Waals surface area contributed by atoms with Crippen LogP contribution in [-0.2, 0) is 20.9 Å². The molecule has 2 aliphatic heterocycles. The van der Waals surface area contributed by atoms with Gasteiger partial charge in [0.2, 0.25) is 5.91 Å². The van der Waals surface area contributed by atoms with Crippen molar-refractivity contribution in [3.8, 4) is 0 Å². The lowest BCUT2D eigenvalue weighted by molar-refractivity contribution is -0.687. The van der Waals surface area contributed by atoms with Crippen LogP contribution in [-0.4, -0.2) is 45.6 Å². The minimum absolute atomic E-state index is 0.117. The van der Waals surface area contributed by atoms with Crippen LogP contribution in [0.25, 0.3) is 10.8 Å². The molecule has 2 aliphatic rings. The Hall–Kier alpha value is -3.56. The number of β-lactam (4-membered cyclic amide) rings is 1. The molecule has 1 aromatic heterocycles. The van der Waals surface area contributed by atoms with Crippen LogP contribution in [0.1, 0.15) is 0 Å². The Morgan fingerprint density at radius 1 is 1.11 bits per heavy atom. The van der Waals surface area contributed by atoms with Crippen LogP contribution in [0.2, 0.25) is 0 Å². The average molecular weight is 518 g/mol. The second-order valence-corrected chi connectivity index (χ2v) is 10.5. The summed E-state index contributed by atoms with van der Waals surface area (Å²) in [6, 6.07) is 19.0. The Kier molecular flexibility index (Phi) is 7.11. The van der Waals surface area contributed by atoms with Gasteiger partial charge < -0.3 is 15.2 Å². The number of allylic oxidation sites excluding steroid dienone is 2. The van der Waals surface area contributed by atoms with Crippen LogP contribution in [0, 0.1) is 0 Å². The first-order chi connectivity index (χ1) is 17.5. The van der Waals surface area contributed by atoms with Crippen LogP contribution < -0.4 is 15.0 Å². The highest BCUT2D eigenvalue weighted by Gasteiger charge is 2.52. The minimum Gasteiger partial charge on any atom is -0.543 e. The molecule has 1 N–H and O–H groups in total.